The number of rotatable bonds is 4. The second-order valence-corrected chi connectivity index (χ2v) is 4.32. The number of halogens is 1. The van der Waals surface area contributed by atoms with E-state index in [1.165, 1.54) is 6.07 Å². The van der Waals surface area contributed by atoms with Crippen LogP contribution in [-0.2, 0) is 6.61 Å². The Hall–Kier alpha value is -2.56. The first kappa shape index (κ1) is 13.9. The van der Waals surface area contributed by atoms with Gasteiger partial charge in [-0.1, -0.05) is 35.5 Å². The van der Waals surface area contributed by atoms with Gasteiger partial charge in [0, 0.05) is 5.56 Å². The third-order valence-electron chi connectivity index (χ3n) is 2.94. The summed E-state index contributed by atoms with van der Waals surface area (Å²) in [7, 11) is 0. The van der Waals surface area contributed by atoms with Crippen LogP contribution in [0.15, 0.2) is 47.6 Å². The fraction of sp³-hybridized carbons (Fsp3) is 0.133. The number of oxime groups is 1. The maximum absolute atomic E-state index is 14.2. The fourth-order valence-corrected chi connectivity index (χ4v) is 1.82. The van der Waals surface area contributed by atoms with Gasteiger partial charge in [-0.2, -0.15) is 0 Å². The third-order valence-corrected chi connectivity index (χ3v) is 2.94. The summed E-state index contributed by atoms with van der Waals surface area (Å²) in [6.07, 6.45) is 0. The van der Waals surface area contributed by atoms with Crippen LogP contribution in [0.1, 0.15) is 16.7 Å². The van der Waals surface area contributed by atoms with Crippen LogP contribution in [0.2, 0.25) is 0 Å². The lowest BCUT2D eigenvalue weighted by Gasteiger charge is -2.11. The Morgan fingerprint density at radius 3 is 2.70 bits per heavy atom. The van der Waals surface area contributed by atoms with Crippen LogP contribution in [0.5, 0.6) is 5.75 Å². The van der Waals surface area contributed by atoms with Crippen LogP contribution in [0, 0.1) is 12.7 Å². The van der Waals surface area contributed by atoms with Gasteiger partial charge in [0.1, 0.15) is 18.2 Å². The molecule has 0 saturated carbocycles. The zero-order chi connectivity index (χ0) is 14.5. The van der Waals surface area contributed by atoms with E-state index in [1.54, 1.807) is 12.1 Å². The standard InChI is InChI=1S/C15H15FN2O2/c1-10-5-2-3-8-13(10)20-9-11-6-4-7-12(14(11)16)15(17)18-19/h2-8,19H,9H2,1H3,(H2,17,18). The highest BCUT2D eigenvalue weighted by atomic mass is 19.1. The molecule has 0 aromatic heterocycles. The Bertz CT molecular complexity index is 642. The van der Waals surface area contributed by atoms with E-state index in [-0.39, 0.29) is 18.0 Å². The van der Waals surface area contributed by atoms with E-state index in [0.717, 1.165) is 5.56 Å². The minimum absolute atomic E-state index is 0.0541. The molecular formula is C15H15FN2O2. The minimum Gasteiger partial charge on any atom is -0.489 e. The average molecular weight is 274 g/mol. The summed E-state index contributed by atoms with van der Waals surface area (Å²) in [4.78, 5) is 0. The van der Waals surface area contributed by atoms with E-state index in [0.29, 0.717) is 11.3 Å². The number of benzene rings is 2. The molecule has 5 heteroatoms. The number of nitrogens with two attached hydrogens (primary N) is 1. The molecule has 0 saturated heterocycles. The van der Waals surface area contributed by atoms with Crippen molar-refractivity contribution in [2.75, 3.05) is 0 Å². The van der Waals surface area contributed by atoms with Crippen LogP contribution in [0.4, 0.5) is 4.39 Å². The van der Waals surface area contributed by atoms with Gasteiger partial charge in [0.25, 0.3) is 0 Å². The largest absolute Gasteiger partial charge is 0.489 e. The third kappa shape index (κ3) is 2.88. The number of nitrogens with zero attached hydrogens (tertiary/aromatic N) is 1. The molecule has 0 aliphatic carbocycles. The van der Waals surface area contributed by atoms with Crippen LogP contribution in [-0.4, -0.2) is 11.0 Å². The molecule has 0 aliphatic rings. The van der Waals surface area contributed by atoms with Crippen LogP contribution >= 0.6 is 0 Å². The van der Waals surface area contributed by atoms with E-state index in [2.05, 4.69) is 5.16 Å². The summed E-state index contributed by atoms with van der Waals surface area (Å²) in [6.45, 7) is 1.99. The summed E-state index contributed by atoms with van der Waals surface area (Å²) in [6, 6.07) is 12.2. The second kappa shape index (κ2) is 6.06. The van der Waals surface area contributed by atoms with Crippen molar-refractivity contribution in [3.8, 4) is 5.75 Å². The molecule has 0 unspecified atom stereocenters. The van der Waals surface area contributed by atoms with Crippen LogP contribution in [0.25, 0.3) is 0 Å². The Balaban J connectivity index is 2.21. The summed E-state index contributed by atoms with van der Waals surface area (Å²) in [5.41, 5.74) is 6.79. The molecule has 0 spiro atoms. The molecule has 0 amide bonds. The zero-order valence-electron chi connectivity index (χ0n) is 11.0. The monoisotopic (exact) mass is 274 g/mol. The summed E-state index contributed by atoms with van der Waals surface area (Å²) in [5, 5.41) is 11.4. The molecular weight excluding hydrogens is 259 g/mol. The Labute approximate surface area is 116 Å². The molecule has 4 nitrogen and oxygen atoms in total. The van der Waals surface area contributed by atoms with Crippen molar-refractivity contribution in [3.63, 3.8) is 0 Å². The second-order valence-electron chi connectivity index (χ2n) is 4.32. The number of hydrogen-bond donors (Lipinski definition) is 2. The lowest BCUT2D eigenvalue weighted by atomic mass is 10.1. The summed E-state index contributed by atoms with van der Waals surface area (Å²) < 4.78 is 19.8. The Morgan fingerprint density at radius 2 is 2.00 bits per heavy atom. The topological polar surface area (TPSA) is 67.8 Å². The molecule has 104 valence electrons. The van der Waals surface area contributed by atoms with Gasteiger partial charge in [-0.05, 0) is 24.6 Å². The highest BCUT2D eigenvalue weighted by molar-refractivity contribution is 5.97. The lowest BCUT2D eigenvalue weighted by Crippen LogP contribution is -2.16. The van der Waals surface area contributed by atoms with Gasteiger partial charge in [0.05, 0.1) is 5.56 Å². The van der Waals surface area contributed by atoms with E-state index in [1.807, 2.05) is 31.2 Å². The van der Waals surface area contributed by atoms with E-state index >= 15 is 0 Å². The highest BCUT2D eigenvalue weighted by Gasteiger charge is 2.12. The van der Waals surface area contributed by atoms with Gasteiger partial charge >= 0.3 is 0 Å². The molecule has 0 radical (unpaired) electrons. The first-order valence-corrected chi connectivity index (χ1v) is 6.07. The fourth-order valence-electron chi connectivity index (χ4n) is 1.82. The average Bonchev–Trinajstić information content (AvgIpc) is 2.47. The molecule has 0 bridgehead atoms. The lowest BCUT2D eigenvalue weighted by molar-refractivity contribution is 0.297. The van der Waals surface area contributed by atoms with E-state index in [9.17, 15) is 4.39 Å². The minimum atomic E-state index is -0.545. The van der Waals surface area contributed by atoms with Gasteiger partial charge in [-0.15, -0.1) is 0 Å². The number of amidine groups is 1. The number of ether oxygens (including phenoxy) is 1. The maximum atomic E-state index is 14.2. The van der Waals surface area contributed by atoms with Crippen molar-refractivity contribution >= 4 is 5.84 Å². The van der Waals surface area contributed by atoms with E-state index < -0.39 is 5.82 Å². The predicted molar refractivity (Wildman–Crippen MR) is 74.4 cm³/mol. The summed E-state index contributed by atoms with van der Waals surface area (Å²) in [5.74, 6) is -0.113. The Morgan fingerprint density at radius 1 is 1.25 bits per heavy atom. The maximum Gasteiger partial charge on any atom is 0.173 e. The van der Waals surface area contributed by atoms with Crippen molar-refractivity contribution < 1.29 is 14.3 Å². The molecule has 0 aliphatic heterocycles. The SMILES string of the molecule is Cc1ccccc1OCc1cccc(/C(N)=N/O)c1F. The van der Waals surface area contributed by atoms with Crippen LogP contribution < -0.4 is 10.5 Å². The molecule has 0 atom stereocenters. The first-order valence-electron chi connectivity index (χ1n) is 6.07. The van der Waals surface area contributed by atoms with Gasteiger partial charge in [0.2, 0.25) is 0 Å². The van der Waals surface area contributed by atoms with Gasteiger partial charge in [-0.3, -0.25) is 0 Å². The van der Waals surface area contributed by atoms with Crippen molar-refractivity contribution in [1.82, 2.24) is 0 Å². The van der Waals surface area contributed by atoms with Crippen molar-refractivity contribution in [1.29, 1.82) is 0 Å². The molecule has 2 aromatic rings. The highest BCUT2D eigenvalue weighted by Crippen LogP contribution is 2.20. The molecule has 2 rings (SSSR count). The number of para-hydroxylation sites is 1. The molecule has 3 N–H and O–H groups in total. The smallest absolute Gasteiger partial charge is 0.173 e. The van der Waals surface area contributed by atoms with E-state index in [4.69, 9.17) is 15.7 Å². The van der Waals surface area contributed by atoms with Crippen LogP contribution in [0.3, 0.4) is 0 Å². The number of aryl methyl sites for hydroxylation is 1. The quantitative estimate of drug-likeness (QED) is 0.390. The predicted octanol–water partition coefficient (Wildman–Crippen LogP) is 2.81. The number of hydrogen-bond acceptors (Lipinski definition) is 3. The van der Waals surface area contributed by atoms with Crippen molar-refractivity contribution in [2.24, 2.45) is 10.9 Å². The van der Waals surface area contributed by atoms with Crippen molar-refractivity contribution in [3.05, 3.63) is 65.0 Å². The normalized spacial score (nSPS) is 11.4. The van der Waals surface area contributed by atoms with Gasteiger partial charge in [0.15, 0.2) is 5.84 Å². The Kier molecular flexibility index (Phi) is 4.20. The summed E-state index contributed by atoms with van der Waals surface area (Å²) >= 11 is 0. The van der Waals surface area contributed by atoms with Gasteiger partial charge in [-0.25, -0.2) is 4.39 Å². The zero-order valence-corrected chi connectivity index (χ0v) is 11.0. The van der Waals surface area contributed by atoms with Crippen molar-refractivity contribution in [2.45, 2.75) is 13.5 Å². The molecule has 0 heterocycles. The molecule has 20 heavy (non-hydrogen) atoms. The molecule has 2 aromatic carbocycles. The first-order chi connectivity index (χ1) is 9.63. The van der Waals surface area contributed by atoms with Gasteiger partial charge < -0.3 is 15.7 Å². The molecule has 0 fully saturated rings.